The van der Waals surface area contributed by atoms with Crippen LogP contribution in [0.25, 0.3) is 0 Å². The van der Waals surface area contributed by atoms with Gasteiger partial charge in [-0.05, 0) is 54.4 Å². The van der Waals surface area contributed by atoms with Crippen LogP contribution in [0.1, 0.15) is 43.9 Å². The smallest absolute Gasteiger partial charge is 0.171 e. The highest BCUT2D eigenvalue weighted by molar-refractivity contribution is 7.80. The van der Waals surface area contributed by atoms with Crippen molar-refractivity contribution in [2.45, 2.75) is 32.7 Å². The Morgan fingerprint density at radius 1 is 0.957 bits per heavy atom. The quantitative estimate of drug-likeness (QED) is 0.633. The summed E-state index contributed by atoms with van der Waals surface area (Å²) < 4.78 is 0. The second kappa shape index (κ2) is 8.00. The number of benzene rings is 2. The molecule has 2 aromatic rings. The highest BCUT2D eigenvalue weighted by atomic mass is 35.5. The van der Waals surface area contributed by atoms with Gasteiger partial charge in [-0.25, -0.2) is 0 Å². The van der Waals surface area contributed by atoms with Crippen LogP contribution in [0.2, 0.25) is 10.0 Å². The van der Waals surface area contributed by atoms with Crippen LogP contribution in [0.15, 0.2) is 42.5 Å². The third kappa shape index (κ3) is 5.10. The summed E-state index contributed by atoms with van der Waals surface area (Å²) in [7, 11) is 0. The van der Waals surface area contributed by atoms with E-state index in [4.69, 9.17) is 35.4 Å². The van der Waals surface area contributed by atoms with Crippen LogP contribution in [-0.4, -0.2) is 5.11 Å². The van der Waals surface area contributed by atoms with Crippen LogP contribution in [0, 0.1) is 0 Å². The molecule has 23 heavy (non-hydrogen) atoms. The lowest BCUT2D eigenvalue weighted by Gasteiger charge is -2.18. The zero-order valence-electron chi connectivity index (χ0n) is 13.4. The Hall–Kier alpha value is -1.29. The van der Waals surface area contributed by atoms with E-state index < -0.39 is 0 Å². The van der Waals surface area contributed by atoms with Crippen molar-refractivity contribution in [3.63, 3.8) is 0 Å². The lowest BCUT2D eigenvalue weighted by atomic mass is 10.00. The van der Waals surface area contributed by atoms with Gasteiger partial charge < -0.3 is 10.6 Å². The molecule has 2 nitrogen and oxygen atoms in total. The third-order valence-corrected chi connectivity index (χ3v) is 4.40. The summed E-state index contributed by atoms with van der Waals surface area (Å²) in [6, 6.07) is 13.9. The van der Waals surface area contributed by atoms with E-state index in [-0.39, 0.29) is 6.04 Å². The van der Waals surface area contributed by atoms with Crippen molar-refractivity contribution in [1.29, 1.82) is 0 Å². The average Bonchev–Trinajstić information content (AvgIpc) is 2.50. The topological polar surface area (TPSA) is 24.1 Å². The van der Waals surface area contributed by atoms with Crippen molar-refractivity contribution in [2.75, 3.05) is 5.32 Å². The van der Waals surface area contributed by atoms with Crippen LogP contribution < -0.4 is 10.6 Å². The lowest BCUT2D eigenvalue weighted by molar-refractivity contribution is 0.721. The molecule has 0 aliphatic rings. The van der Waals surface area contributed by atoms with Gasteiger partial charge in [0.1, 0.15) is 0 Å². The predicted molar refractivity (Wildman–Crippen MR) is 105 cm³/mol. The normalized spacial score (nSPS) is 12.1. The number of thiocarbonyl (C=S) groups is 1. The molecular formula is C18H20Cl2N2S. The van der Waals surface area contributed by atoms with Crippen molar-refractivity contribution < 1.29 is 0 Å². The summed E-state index contributed by atoms with van der Waals surface area (Å²) >= 11 is 17.4. The minimum Gasteiger partial charge on any atom is -0.356 e. The average molecular weight is 367 g/mol. The Labute approximate surface area is 153 Å². The second-order valence-corrected chi connectivity index (χ2v) is 7.02. The Bertz CT molecular complexity index is 684. The van der Waals surface area contributed by atoms with Crippen LogP contribution in [0.4, 0.5) is 5.69 Å². The summed E-state index contributed by atoms with van der Waals surface area (Å²) in [5.74, 6) is 0.530. The first-order chi connectivity index (χ1) is 10.9. The van der Waals surface area contributed by atoms with E-state index in [0.29, 0.717) is 21.1 Å². The number of nitrogens with one attached hydrogen (secondary N) is 2. The molecule has 5 heteroatoms. The van der Waals surface area contributed by atoms with E-state index in [0.717, 1.165) is 5.69 Å². The summed E-state index contributed by atoms with van der Waals surface area (Å²) in [4.78, 5) is 0. The zero-order chi connectivity index (χ0) is 17.0. The third-order valence-electron chi connectivity index (χ3n) is 3.63. The van der Waals surface area contributed by atoms with Crippen molar-refractivity contribution in [3.05, 3.63) is 63.6 Å². The molecule has 122 valence electrons. The maximum Gasteiger partial charge on any atom is 0.171 e. The maximum atomic E-state index is 6.14. The van der Waals surface area contributed by atoms with Gasteiger partial charge in [0.05, 0.1) is 16.8 Å². The van der Waals surface area contributed by atoms with Crippen molar-refractivity contribution >= 4 is 46.2 Å². The Morgan fingerprint density at radius 3 is 2.13 bits per heavy atom. The van der Waals surface area contributed by atoms with Gasteiger partial charge >= 0.3 is 0 Å². The fourth-order valence-corrected chi connectivity index (χ4v) is 2.94. The first-order valence-electron chi connectivity index (χ1n) is 7.49. The van der Waals surface area contributed by atoms with Gasteiger partial charge in [-0.1, -0.05) is 61.3 Å². The molecule has 0 saturated heterocycles. The molecular weight excluding hydrogens is 347 g/mol. The van der Waals surface area contributed by atoms with Crippen molar-refractivity contribution in [1.82, 2.24) is 5.32 Å². The second-order valence-electron chi connectivity index (χ2n) is 5.77. The van der Waals surface area contributed by atoms with E-state index in [2.05, 4.69) is 55.7 Å². The molecule has 0 amide bonds. The molecule has 1 atom stereocenters. The minimum atomic E-state index is 0.0993. The molecule has 0 radical (unpaired) electrons. The fourth-order valence-electron chi connectivity index (χ4n) is 2.20. The summed E-state index contributed by atoms with van der Waals surface area (Å²) in [6.07, 6.45) is 0. The number of hydrogen-bond donors (Lipinski definition) is 2. The molecule has 0 bridgehead atoms. The Balaban J connectivity index is 1.99. The maximum absolute atomic E-state index is 6.14. The molecule has 2 N–H and O–H groups in total. The highest BCUT2D eigenvalue weighted by Gasteiger charge is 2.09. The molecule has 0 aliphatic heterocycles. The lowest BCUT2D eigenvalue weighted by Crippen LogP contribution is -2.31. The fraction of sp³-hybridized carbons (Fsp3) is 0.278. The number of hydrogen-bond acceptors (Lipinski definition) is 1. The SMILES string of the molecule is CC(C)c1ccc(C(C)NC(=S)Nc2ccc(Cl)cc2Cl)cc1. The number of rotatable bonds is 4. The van der Waals surface area contributed by atoms with Gasteiger partial charge in [0.15, 0.2) is 5.11 Å². The largest absolute Gasteiger partial charge is 0.356 e. The Morgan fingerprint density at radius 2 is 1.57 bits per heavy atom. The molecule has 1 unspecified atom stereocenters. The molecule has 0 spiro atoms. The molecule has 0 fully saturated rings. The van der Waals surface area contributed by atoms with Gasteiger partial charge in [-0.15, -0.1) is 0 Å². The van der Waals surface area contributed by atoms with E-state index in [1.54, 1.807) is 18.2 Å². The van der Waals surface area contributed by atoms with E-state index >= 15 is 0 Å². The zero-order valence-corrected chi connectivity index (χ0v) is 15.7. The minimum absolute atomic E-state index is 0.0993. The standard InChI is InChI=1S/C18H20Cl2N2S/c1-11(2)13-4-6-14(7-5-13)12(3)21-18(23)22-17-9-8-15(19)10-16(17)20/h4-12H,1-3H3,(H2,21,22,23). The van der Waals surface area contributed by atoms with Crippen molar-refractivity contribution in [3.8, 4) is 0 Å². The van der Waals surface area contributed by atoms with Gasteiger partial charge in [-0.2, -0.15) is 0 Å². The van der Waals surface area contributed by atoms with Crippen LogP contribution in [0.5, 0.6) is 0 Å². The van der Waals surface area contributed by atoms with E-state index in [1.807, 2.05) is 0 Å². The number of anilines is 1. The van der Waals surface area contributed by atoms with Gasteiger partial charge in [0, 0.05) is 5.02 Å². The molecule has 0 aliphatic carbocycles. The van der Waals surface area contributed by atoms with Crippen LogP contribution >= 0.6 is 35.4 Å². The molecule has 0 aromatic heterocycles. The van der Waals surface area contributed by atoms with Gasteiger partial charge in [-0.3, -0.25) is 0 Å². The summed E-state index contributed by atoms with van der Waals surface area (Å²) in [6.45, 7) is 6.44. The van der Waals surface area contributed by atoms with Crippen molar-refractivity contribution in [2.24, 2.45) is 0 Å². The summed E-state index contributed by atoms with van der Waals surface area (Å²) in [5.41, 5.74) is 3.24. The van der Waals surface area contributed by atoms with E-state index in [1.165, 1.54) is 11.1 Å². The van der Waals surface area contributed by atoms with Gasteiger partial charge in [0.25, 0.3) is 0 Å². The molecule has 0 saturated carbocycles. The first-order valence-corrected chi connectivity index (χ1v) is 8.65. The molecule has 2 aromatic carbocycles. The predicted octanol–water partition coefficient (Wildman–Crippen LogP) is 6.16. The Kier molecular flexibility index (Phi) is 6.28. The molecule has 0 heterocycles. The number of halogens is 2. The highest BCUT2D eigenvalue weighted by Crippen LogP contribution is 2.25. The van der Waals surface area contributed by atoms with Crippen LogP contribution in [-0.2, 0) is 0 Å². The summed E-state index contributed by atoms with van der Waals surface area (Å²) in [5, 5.41) is 8.02. The van der Waals surface area contributed by atoms with Crippen LogP contribution in [0.3, 0.4) is 0 Å². The first kappa shape index (κ1) is 18.1. The van der Waals surface area contributed by atoms with E-state index in [9.17, 15) is 0 Å². The monoisotopic (exact) mass is 366 g/mol. The molecule has 2 rings (SSSR count). The van der Waals surface area contributed by atoms with Gasteiger partial charge in [0.2, 0.25) is 0 Å².